The van der Waals surface area contributed by atoms with Crippen LogP contribution in [-0.2, 0) is 0 Å². The number of rotatable bonds is 2. The molecule has 1 heteroatoms. The van der Waals surface area contributed by atoms with Gasteiger partial charge in [0.25, 0.3) is 0 Å². The Morgan fingerprint density at radius 2 is 1.69 bits per heavy atom. The zero-order valence-corrected chi connectivity index (χ0v) is 12.3. The minimum Gasteiger partial charge on any atom is -0.298 e. The van der Waals surface area contributed by atoms with E-state index in [9.17, 15) is 0 Å². The molecule has 1 atom stereocenters. The first-order valence-corrected chi connectivity index (χ1v) is 7.02. The first kappa shape index (κ1) is 14.0. The molecule has 0 aromatic heterocycles. The molecule has 0 bridgehead atoms. The molecule has 1 rings (SSSR count). The van der Waals surface area contributed by atoms with E-state index in [1.807, 2.05) is 0 Å². The molecule has 0 aromatic carbocycles. The molecule has 0 aliphatic carbocycles. The Hall–Kier alpha value is -0.0400. The van der Waals surface area contributed by atoms with Gasteiger partial charge in [0, 0.05) is 12.1 Å². The lowest BCUT2D eigenvalue weighted by Crippen LogP contribution is -2.45. The fourth-order valence-corrected chi connectivity index (χ4v) is 2.68. The monoisotopic (exact) mass is 225 g/mol. The molecule has 0 N–H and O–H groups in total. The largest absolute Gasteiger partial charge is 0.298 e. The zero-order chi connectivity index (χ0) is 12.4. The standard InChI is InChI=1S/C15H31N/c1-7-15(5,6)13-10-8-9-11-16(12-13)14(2,3)4/h13H,7-12H2,1-6H3. The van der Waals surface area contributed by atoms with Crippen LogP contribution in [-0.4, -0.2) is 23.5 Å². The van der Waals surface area contributed by atoms with Gasteiger partial charge in [0.1, 0.15) is 0 Å². The lowest BCUT2D eigenvalue weighted by atomic mass is 9.74. The van der Waals surface area contributed by atoms with E-state index in [1.54, 1.807) is 0 Å². The molecule has 96 valence electrons. The molecule has 0 radical (unpaired) electrons. The summed E-state index contributed by atoms with van der Waals surface area (Å²) in [4.78, 5) is 2.70. The van der Waals surface area contributed by atoms with Crippen LogP contribution in [0.1, 0.15) is 67.2 Å². The summed E-state index contributed by atoms with van der Waals surface area (Å²) < 4.78 is 0. The van der Waals surface area contributed by atoms with Gasteiger partial charge >= 0.3 is 0 Å². The van der Waals surface area contributed by atoms with E-state index < -0.39 is 0 Å². The fourth-order valence-electron chi connectivity index (χ4n) is 2.68. The van der Waals surface area contributed by atoms with Gasteiger partial charge in [0.15, 0.2) is 0 Å². The average molecular weight is 225 g/mol. The maximum Gasteiger partial charge on any atom is 0.0125 e. The van der Waals surface area contributed by atoms with Crippen molar-refractivity contribution in [2.45, 2.75) is 72.8 Å². The predicted molar refractivity (Wildman–Crippen MR) is 72.7 cm³/mol. The molecule has 0 amide bonds. The SMILES string of the molecule is CCC(C)(C)C1CCCCN(C(C)(C)C)C1. The molecule has 1 heterocycles. The van der Waals surface area contributed by atoms with E-state index >= 15 is 0 Å². The van der Waals surface area contributed by atoms with Gasteiger partial charge in [0.2, 0.25) is 0 Å². The van der Waals surface area contributed by atoms with Crippen LogP contribution in [0, 0.1) is 11.3 Å². The Labute approximate surface area is 103 Å². The van der Waals surface area contributed by atoms with Crippen molar-refractivity contribution in [1.82, 2.24) is 4.90 Å². The second-order valence-corrected chi connectivity index (χ2v) is 7.15. The molecule has 0 aromatic rings. The van der Waals surface area contributed by atoms with Crippen LogP contribution in [0.5, 0.6) is 0 Å². The second kappa shape index (κ2) is 5.08. The van der Waals surface area contributed by atoms with E-state index in [0.717, 1.165) is 5.92 Å². The summed E-state index contributed by atoms with van der Waals surface area (Å²) in [5, 5.41) is 0. The van der Waals surface area contributed by atoms with Crippen molar-refractivity contribution in [2.75, 3.05) is 13.1 Å². The van der Waals surface area contributed by atoms with Crippen molar-refractivity contribution in [1.29, 1.82) is 0 Å². The van der Waals surface area contributed by atoms with E-state index in [2.05, 4.69) is 46.4 Å². The first-order chi connectivity index (χ1) is 7.27. The van der Waals surface area contributed by atoms with Gasteiger partial charge in [0.05, 0.1) is 0 Å². The second-order valence-electron chi connectivity index (χ2n) is 7.15. The van der Waals surface area contributed by atoms with Crippen molar-refractivity contribution in [3.63, 3.8) is 0 Å². The first-order valence-electron chi connectivity index (χ1n) is 7.02. The van der Waals surface area contributed by atoms with Gasteiger partial charge in [-0.1, -0.05) is 33.6 Å². The highest BCUT2D eigenvalue weighted by atomic mass is 15.2. The van der Waals surface area contributed by atoms with Crippen LogP contribution in [0.15, 0.2) is 0 Å². The molecule has 1 fully saturated rings. The molecule has 0 spiro atoms. The fraction of sp³-hybridized carbons (Fsp3) is 1.00. The Bertz CT molecular complexity index is 212. The third-order valence-electron chi connectivity index (χ3n) is 4.64. The minimum atomic E-state index is 0.340. The van der Waals surface area contributed by atoms with Gasteiger partial charge in [-0.15, -0.1) is 0 Å². The van der Waals surface area contributed by atoms with Gasteiger partial charge in [-0.3, -0.25) is 4.90 Å². The highest BCUT2D eigenvalue weighted by Crippen LogP contribution is 2.37. The van der Waals surface area contributed by atoms with Crippen LogP contribution >= 0.6 is 0 Å². The lowest BCUT2D eigenvalue weighted by Gasteiger charge is -2.41. The highest BCUT2D eigenvalue weighted by molar-refractivity contribution is 4.86. The quantitative estimate of drug-likeness (QED) is 0.676. The Kier molecular flexibility index (Phi) is 4.45. The Morgan fingerprint density at radius 3 is 2.19 bits per heavy atom. The van der Waals surface area contributed by atoms with E-state index in [0.29, 0.717) is 11.0 Å². The van der Waals surface area contributed by atoms with Crippen molar-refractivity contribution in [2.24, 2.45) is 11.3 Å². The predicted octanol–water partition coefficient (Wildman–Crippen LogP) is 4.32. The molecular weight excluding hydrogens is 194 g/mol. The molecule has 1 aliphatic heterocycles. The van der Waals surface area contributed by atoms with E-state index in [4.69, 9.17) is 0 Å². The minimum absolute atomic E-state index is 0.340. The lowest BCUT2D eigenvalue weighted by molar-refractivity contribution is 0.0800. The van der Waals surface area contributed by atoms with Gasteiger partial charge in [-0.2, -0.15) is 0 Å². The summed E-state index contributed by atoms with van der Waals surface area (Å²) in [6.45, 7) is 16.9. The van der Waals surface area contributed by atoms with Crippen molar-refractivity contribution >= 4 is 0 Å². The smallest absolute Gasteiger partial charge is 0.0125 e. The molecule has 1 unspecified atom stereocenters. The third kappa shape index (κ3) is 3.48. The number of likely N-dealkylation sites (tertiary alicyclic amines) is 1. The maximum absolute atomic E-state index is 2.70. The molecule has 0 saturated carbocycles. The summed E-state index contributed by atoms with van der Waals surface area (Å²) in [6, 6.07) is 0. The zero-order valence-electron chi connectivity index (χ0n) is 12.3. The number of hydrogen-bond acceptors (Lipinski definition) is 1. The van der Waals surface area contributed by atoms with Crippen LogP contribution < -0.4 is 0 Å². The summed E-state index contributed by atoms with van der Waals surface area (Å²) >= 11 is 0. The van der Waals surface area contributed by atoms with Crippen molar-refractivity contribution in [3.8, 4) is 0 Å². The molecule has 16 heavy (non-hydrogen) atoms. The molecule has 1 saturated heterocycles. The van der Waals surface area contributed by atoms with E-state index in [1.165, 1.54) is 38.8 Å². The van der Waals surface area contributed by atoms with Crippen LogP contribution in [0.25, 0.3) is 0 Å². The van der Waals surface area contributed by atoms with Crippen LogP contribution in [0.2, 0.25) is 0 Å². The van der Waals surface area contributed by atoms with E-state index in [-0.39, 0.29) is 0 Å². The third-order valence-corrected chi connectivity index (χ3v) is 4.64. The Morgan fingerprint density at radius 1 is 1.06 bits per heavy atom. The summed E-state index contributed by atoms with van der Waals surface area (Å²) in [6.07, 6.45) is 5.53. The molecule has 1 aliphatic rings. The maximum atomic E-state index is 2.70. The number of nitrogens with zero attached hydrogens (tertiary/aromatic N) is 1. The van der Waals surface area contributed by atoms with Crippen LogP contribution in [0.4, 0.5) is 0 Å². The number of hydrogen-bond donors (Lipinski definition) is 0. The summed E-state index contributed by atoms with van der Waals surface area (Å²) in [7, 11) is 0. The molecular formula is C15H31N. The normalized spacial score (nSPS) is 25.5. The summed E-state index contributed by atoms with van der Waals surface area (Å²) in [5.74, 6) is 0.874. The van der Waals surface area contributed by atoms with Gasteiger partial charge < -0.3 is 0 Å². The van der Waals surface area contributed by atoms with Gasteiger partial charge in [-0.25, -0.2) is 0 Å². The van der Waals surface area contributed by atoms with Crippen molar-refractivity contribution in [3.05, 3.63) is 0 Å². The average Bonchev–Trinajstić information content (AvgIpc) is 2.42. The molecule has 1 nitrogen and oxygen atoms in total. The highest BCUT2D eigenvalue weighted by Gasteiger charge is 2.33. The van der Waals surface area contributed by atoms with Crippen LogP contribution in [0.3, 0.4) is 0 Å². The van der Waals surface area contributed by atoms with Crippen molar-refractivity contribution < 1.29 is 0 Å². The Balaban J connectivity index is 2.73. The topological polar surface area (TPSA) is 3.24 Å². The van der Waals surface area contributed by atoms with Gasteiger partial charge in [-0.05, 0) is 51.5 Å². The summed E-state index contributed by atoms with van der Waals surface area (Å²) in [5.41, 5.74) is 0.847.